The van der Waals surface area contributed by atoms with Gasteiger partial charge in [0, 0.05) is 13.1 Å². The van der Waals surface area contributed by atoms with Crippen LogP contribution in [0.25, 0.3) is 0 Å². The Balaban J connectivity index is 2.22. The second kappa shape index (κ2) is 5.82. The van der Waals surface area contributed by atoms with Gasteiger partial charge in [-0.1, -0.05) is 34.1 Å². The summed E-state index contributed by atoms with van der Waals surface area (Å²) in [5.41, 5.74) is 0.986. The molecule has 2 aromatic rings. The number of hydrogen-bond acceptors (Lipinski definition) is 4. The highest BCUT2D eigenvalue weighted by Crippen LogP contribution is 2.32. The monoisotopic (exact) mass is 303 g/mol. The molecular formula is C12H11ClFNOS2. The largest absolute Gasteiger partial charge is 0.357 e. The first-order valence-electron chi connectivity index (χ1n) is 5.40. The molecule has 0 aliphatic heterocycles. The summed E-state index contributed by atoms with van der Waals surface area (Å²) in [6, 6.07) is 6.34. The van der Waals surface area contributed by atoms with Gasteiger partial charge in [-0.15, -0.1) is 0 Å². The van der Waals surface area contributed by atoms with Crippen LogP contribution in [0.4, 0.5) is 9.39 Å². The predicted octanol–water partition coefficient (Wildman–Crippen LogP) is 3.99. The molecule has 1 aromatic heterocycles. The summed E-state index contributed by atoms with van der Waals surface area (Å²) >= 11 is 5.98. The van der Waals surface area contributed by atoms with Crippen LogP contribution in [0.15, 0.2) is 29.1 Å². The second-order valence-electron chi connectivity index (χ2n) is 3.71. The molecule has 0 unspecified atom stereocenters. The van der Waals surface area contributed by atoms with Crippen LogP contribution in [-0.4, -0.2) is 6.54 Å². The molecule has 0 saturated carbocycles. The standard InChI is InChI=1S/C12H11ClFNOS2/c1-2-15(11-10(13)12(16)18-17-11)7-8-3-5-9(14)6-4-8/h3-6H,2,7H2,1H3. The van der Waals surface area contributed by atoms with Crippen LogP contribution in [0.5, 0.6) is 0 Å². The highest BCUT2D eigenvalue weighted by atomic mass is 35.5. The van der Waals surface area contributed by atoms with E-state index in [9.17, 15) is 9.18 Å². The maximum atomic E-state index is 12.8. The summed E-state index contributed by atoms with van der Waals surface area (Å²) in [7, 11) is 2.52. The Hall–Kier alpha value is -0.910. The fraction of sp³-hybridized carbons (Fsp3) is 0.250. The average Bonchev–Trinajstić information content (AvgIpc) is 2.70. The SMILES string of the molecule is CCN(Cc1ccc(F)cc1)c1ssc(=O)c1Cl. The molecule has 0 aliphatic carbocycles. The molecule has 6 heteroatoms. The van der Waals surface area contributed by atoms with Gasteiger partial charge < -0.3 is 4.90 Å². The van der Waals surface area contributed by atoms with Crippen molar-refractivity contribution in [2.75, 3.05) is 11.4 Å². The lowest BCUT2D eigenvalue weighted by molar-refractivity contribution is 0.626. The Morgan fingerprint density at radius 1 is 1.28 bits per heavy atom. The van der Waals surface area contributed by atoms with Gasteiger partial charge in [0.1, 0.15) is 15.8 Å². The van der Waals surface area contributed by atoms with Gasteiger partial charge in [-0.2, -0.15) is 0 Å². The molecular weight excluding hydrogens is 293 g/mol. The first-order chi connectivity index (χ1) is 8.61. The minimum absolute atomic E-state index is 0.103. The van der Waals surface area contributed by atoms with Crippen molar-refractivity contribution >= 4 is 37.3 Å². The van der Waals surface area contributed by atoms with E-state index in [1.54, 1.807) is 12.1 Å². The maximum absolute atomic E-state index is 12.8. The maximum Gasteiger partial charge on any atom is 0.263 e. The molecule has 18 heavy (non-hydrogen) atoms. The summed E-state index contributed by atoms with van der Waals surface area (Å²) in [6.45, 7) is 3.35. The third-order valence-electron chi connectivity index (χ3n) is 2.52. The van der Waals surface area contributed by atoms with E-state index in [-0.39, 0.29) is 15.6 Å². The summed E-state index contributed by atoms with van der Waals surface area (Å²) in [6.07, 6.45) is 0. The molecule has 96 valence electrons. The minimum Gasteiger partial charge on any atom is -0.357 e. The molecule has 0 atom stereocenters. The van der Waals surface area contributed by atoms with E-state index < -0.39 is 0 Å². The molecule has 2 nitrogen and oxygen atoms in total. The van der Waals surface area contributed by atoms with Crippen molar-refractivity contribution in [3.05, 3.63) is 50.2 Å². The normalized spacial score (nSPS) is 10.6. The van der Waals surface area contributed by atoms with Crippen molar-refractivity contribution in [3.63, 3.8) is 0 Å². The lowest BCUT2D eigenvalue weighted by Crippen LogP contribution is -2.21. The molecule has 0 saturated heterocycles. The molecule has 0 fully saturated rings. The van der Waals surface area contributed by atoms with Crippen LogP contribution >= 0.6 is 32.3 Å². The quantitative estimate of drug-likeness (QED) is 0.796. The zero-order valence-corrected chi connectivity index (χ0v) is 12.0. The van der Waals surface area contributed by atoms with E-state index >= 15 is 0 Å². The highest BCUT2D eigenvalue weighted by Gasteiger charge is 2.14. The van der Waals surface area contributed by atoms with Crippen LogP contribution in [0, 0.1) is 5.82 Å². The van der Waals surface area contributed by atoms with Crippen molar-refractivity contribution in [3.8, 4) is 0 Å². The molecule has 2 rings (SSSR count). The van der Waals surface area contributed by atoms with Crippen LogP contribution < -0.4 is 9.64 Å². The van der Waals surface area contributed by atoms with Gasteiger partial charge in [0.25, 0.3) is 4.74 Å². The third-order valence-corrected chi connectivity index (χ3v) is 5.33. The zero-order valence-electron chi connectivity index (χ0n) is 9.65. The van der Waals surface area contributed by atoms with Gasteiger partial charge in [0.15, 0.2) is 0 Å². The van der Waals surface area contributed by atoms with Gasteiger partial charge in [0.05, 0.1) is 0 Å². The number of anilines is 1. The van der Waals surface area contributed by atoms with Gasteiger partial charge >= 0.3 is 0 Å². The molecule has 0 N–H and O–H groups in total. The fourth-order valence-corrected chi connectivity index (χ4v) is 4.33. The minimum atomic E-state index is -0.250. The first kappa shape index (κ1) is 13.5. The second-order valence-corrected chi connectivity index (χ2v) is 6.18. The lowest BCUT2D eigenvalue weighted by atomic mass is 10.2. The van der Waals surface area contributed by atoms with Gasteiger partial charge in [0.2, 0.25) is 0 Å². The Kier molecular flexibility index (Phi) is 4.37. The van der Waals surface area contributed by atoms with E-state index in [1.165, 1.54) is 22.5 Å². The zero-order chi connectivity index (χ0) is 13.1. The Bertz CT molecular complexity index is 579. The summed E-state index contributed by atoms with van der Waals surface area (Å²) in [5.74, 6) is -0.250. The topological polar surface area (TPSA) is 20.3 Å². The number of hydrogen-bond donors (Lipinski definition) is 0. The lowest BCUT2D eigenvalue weighted by Gasteiger charge is -2.21. The van der Waals surface area contributed by atoms with Gasteiger partial charge in [-0.05, 0) is 35.0 Å². The van der Waals surface area contributed by atoms with E-state index in [0.29, 0.717) is 6.54 Å². The number of rotatable bonds is 4. The summed E-state index contributed by atoms with van der Waals surface area (Å²) in [5, 5.41) is 1.08. The fourth-order valence-electron chi connectivity index (χ4n) is 1.57. The van der Waals surface area contributed by atoms with Crippen molar-refractivity contribution in [1.82, 2.24) is 0 Å². The number of halogens is 2. The molecule has 0 bridgehead atoms. The summed E-state index contributed by atoms with van der Waals surface area (Å²) < 4.78 is 12.7. The first-order valence-corrected chi connectivity index (χ1v) is 7.92. The summed E-state index contributed by atoms with van der Waals surface area (Å²) in [4.78, 5) is 13.4. The van der Waals surface area contributed by atoms with E-state index in [1.807, 2.05) is 11.8 Å². The third kappa shape index (κ3) is 2.91. The van der Waals surface area contributed by atoms with Crippen LogP contribution in [0.3, 0.4) is 0 Å². The van der Waals surface area contributed by atoms with Crippen molar-refractivity contribution in [1.29, 1.82) is 0 Å². The van der Waals surface area contributed by atoms with E-state index in [4.69, 9.17) is 11.6 Å². The van der Waals surface area contributed by atoms with Crippen LogP contribution in [0.1, 0.15) is 12.5 Å². The Morgan fingerprint density at radius 2 is 1.94 bits per heavy atom. The average molecular weight is 304 g/mol. The van der Waals surface area contributed by atoms with Crippen molar-refractivity contribution in [2.45, 2.75) is 13.5 Å². The number of benzene rings is 1. The van der Waals surface area contributed by atoms with Crippen LogP contribution in [0.2, 0.25) is 5.02 Å². The Labute approximate surface area is 117 Å². The van der Waals surface area contributed by atoms with E-state index in [0.717, 1.165) is 27.4 Å². The highest BCUT2D eigenvalue weighted by molar-refractivity contribution is 7.70. The molecule has 0 amide bonds. The molecule has 0 aliphatic rings. The predicted molar refractivity (Wildman–Crippen MR) is 76.6 cm³/mol. The smallest absolute Gasteiger partial charge is 0.263 e. The van der Waals surface area contributed by atoms with Crippen molar-refractivity contribution < 1.29 is 4.39 Å². The van der Waals surface area contributed by atoms with Gasteiger partial charge in [-0.25, -0.2) is 4.39 Å². The van der Waals surface area contributed by atoms with Crippen LogP contribution in [-0.2, 0) is 6.54 Å². The number of nitrogens with zero attached hydrogens (tertiary/aromatic N) is 1. The molecule has 0 radical (unpaired) electrons. The Morgan fingerprint density at radius 3 is 2.44 bits per heavy atom. The van der Waals surface area contributed by atoms with E-state index in [2.05, 4.69) is 0 Å². The molecule has 0 spiro atoms. The van der Waals surface area contributed by atoms with Gasteiger partial charge in [-0.3, -0.25) is 4.79 Å². The molecule has 1 heterocycles. The van der Waals surface area contributed by atoms with Crippen molar-refractivity contribution in [2.24, 2.45) is 0 Å². The molecule has 1 aromatic carbocycles.